The fourth-order valence-electron chi connectivity index (χ4n) is 1.36. The first kappa shape index (κ1) is 16.3. The summed E-state index contributed by atoms with van der Waals surface area (Å²) in [7, 11) is 1.58. The summed E-state index contributed by atoms with van der Waals surface area (Å²) in [6.45, 7) is 1.77. The van der Waals surface area contributed by atoms with Crippen molar-refractivity contribution in [2.75, 3.05) is 40.0 Å². The van der Waals surface area contributed by atoms with E-state index < -0.39 is 11.6 Å². The number of carbonyl (C=O) groups is 1. The third-order valence-electron chi connectivity index (χ3n) is 2.35. The maximum Gasteiger partial charge on any atom is 0.234 e. The topological polar surface area (TPSA) is 59.6 Å². The Morgan fingerprint density at radius 2 is 2.00 bits per heavy atom. The molecule has 112 valence electrons. The Balaban J connectivity index is 2.12. The standard InChI is InChI=1S/C13H18F2N2O3/c1-19-6-4-16-9-13(18)17-5-7-20-10-2-3-11(14)12(15)8-10/h2-3,8,16H,4-7,9H2,1H3,(H,17,18). The quantitative estimate of drug-likeness (QED) is 0.657. The van der Waals surface area contributed by atoms with Gasteiger partial charge in [-0.25, -0.2) is 8.78 Å². The Hall–Kier alpha value is -1.73. The molecule has 5 nitrogen and oxygen atoms in total. The van der Waals surface area contributed by atoms with Crippen LogP contribution in [0, 0.1) is 11.6 Å². The predicted octanol–water partition coefficient (Wildman–Crippen LogP) is 0.696. The normalized spacial score (nSPS) is 10.3. The Bertz CT molecular complexity index is 430. The van der Waals surface area contributed by atoms with Gasteiger partial charge in [0.05, 0.1) is 19.7 Å². The van der Waals surface area contributed by atoms with Gasteiger partial charge >= 0.3 is 0 Å². The van der Waals surface area contributed by atoms with Crippen molar-refractivity contribution in [1.82, 2.24) is 10.6 Å². The smallest absolute Gasteiger partial charge is 0.234 e. The van der Waals surface area contributed by atoms with Crippen molar-refractivity contribution in [3.05, 3.63) is 29.8 Å². The van der Waals surface area contributed by atoms with E-state index in [0.717, 1.165) is 12.1 Å². The van der Waals surface area contributed by atoms with Gasteiger partial charge in [0.25, 0.3) is 0 Å². The second kappa shape index (κ2) is 9.22. The first-order chi connectivity index (χ1) is 9.63. The van der Waals surface area contributed by atoms with E-state index in [1.807, 2.05) is 0 Å². The summed E-state index contributed by atoms with van der Waals surface area (Å²) in [4.78, 5) is 11.3. The Kier molecular flexibility index (Phi) is 7.52. The van der Waals surface area contributed by atoms with Crippen molar-refractivity contribution >= 4 is 5.91 Å². The molecule has 0 aromatic heterocycles. The highest BCUT2D eigenvalue weighted by atomic mass is 19.2. The lowest BCUT2D eigenvalue weighted by atomic mass is 10.3. The SMILES string of the molecule is COCCNCC(=O)NCCOc1ccc(F)c(F)c1. The maximum absolute atomic E-state index is 12.9. The molecule has 0 aliphatic rings. The van der Waals surface area contributed by atoms with Crippen LogP contribution in [0.4, 0.5) is 8.78 Å². The molecule has 1 aromatic carbocycles. The number of hydrogen-bond donors (Lipinski definition) is 2. The van der Waals surface area contributed by atoms with Gasteiger partial charge in [-0.1, -0.05) is 0 Å². The summed E-state index contributed by atoms with van der Waals surface area (Å²) >= 11 is 0. The number of methoxy groups -OCH3 is 1. The van der Waals surface area contributed by atoms with E-state index in [-0.39, 0.29) is 31.4 Å². The zero-order valence-corrected chi connectivity index (χ0v) is 11.2. The average Bonchev–Trinajstić information content (AvgIpc) is 2.43. The van der Waals surface area contributed by atoms with E-state index in [0.29, 0.717) is 13.2 Å². The second-order valence-electron chi connectivity index (χ2n) is 3.94. The molecule has 0 aliphatic carbocycles. The van der Waals surface area contributed by atoms with Gasteiger partial charge in [-0.3, -0.25) is 4.79 Å². The van der Waals surface area contributed by atoms with Crippen molar-refractivity contribution in [2.24, 2.45) is 0 Å². The first-order valence-electron chi connectivity index (χ1n) is 6.17. The van der Waals surface area contributed by atoms with E-state index in [9.17, 15) is 13.6 Å². The van der Waals surface area contributed by atoms with E-state index in [4.69, 9.17) is 9.47 Å². The minimum atomic E-state index is -0.964. The van der Waals surface area contributed by atoms with Crippen LogP contribution in [0.2, 0.25) is 0 Å². The summed E-state index contributed by atoms with van der Waals surface area (Å²) in [5.41, 5.74) is 0. The molecule has 20 heavy (non-hydrogen) atoms. The molecule has 0 heterocycles. The van der Waals surface area contributed by atoms with Crippen LogP contribution in [0.25, 0.3) is 0 Å². The van der Waals surface area contributed by atoms with Crippen molar-refractivity contribution in [2.45, 2.75) is 0 Å². The van der Waals surface area contributed by atoms with E-state index in [1.165, 1.54) is 6.07 Å². The van der Waals surface area contributed by atoms with Crippen molar-refractivity contribution in [1.29, 1.82) is 0 Å². The lowest BCUT2D eigenvalue weighted by molar-refractivity contribution is -0.120. The number of benzene rings is 1. The van der Waals surface area contributed by atoms with Crippen LogP contribution >= 0.6 is 0 Å². The second-order valence-corrected chi connectivity index (χ2v) is 3.94. The Morgan fingerprint density at radius 1 is 1.20 bits per heavy atom. The zero-order chi connectivity index (χ0) is 14.8. The molecule has 0 saturated heterocycles. The molecular weight excluding hydrogens is 270 g/mol. The third-order valence-corrected chi connectivity index (χ3v) is 2.35. The molecule has 2 N–H and O–H groups in total. The van der Waals surface area contributed by atoms with Crippen molar-refractivity contribution < 1.29 is 23.0 Å². The molecule has 0 atom stereocenters. The van der Waals surface area contributed by atoms with Crippen molar-refractivity contribution in [3.63, 3.8) is 0 Å². The molecule has 0 unspecified atom stereocenters. The number of rotatable bonds is 9. The van der Waals surface area contributed by atoms with E-state index in [2.05, 4.69) is 10.6 Å². The van der Waals surface area contributed by atoms with Gasteiger partial charge in [-0.15, -0.1) is 0 Å². The highest BCUT2D eigenvalue weighted by molar-refractivity contribution is 5.77. The van der Waals surface area contributed by atoms with Crippen LogP contribution in [0.5, 0.6) is 5.75 Å². The van der Waals surface area contributed by atoms with Crippen LogP contribution < -0.4 is 15.4 Å². The lowest BCUT2D eigenvalue weighted by Gasteiger charge is -2.08. The van der Waals surface area contributed by atoms with Gasteiger partial charge in [0.2, 0.25) is 5.91 Å². The molecule has 0 radical (unpaired) electrons. The molecule has 1 amide bonds. The first-order valence-corrected chi connectivity index (χ1v) is 6.17. The van der Waals surface area contributed by atoms with Crippen LogP contribution in [0.3, 0.4) is 0 Å². The van der Waals surface area contributed by atoms with Gasteiger partial charge < -0.3 is 20.1 Å². The molecule has 1 rings (SSSR count). The average molecular weight is 288 g/mol. The third kappa shape index (κ3) is 6.44. The molecule has 7 heteroatoms. The molecular formula is C13H18F2N2O3. The number of ether oxygens (including phenoxy) is 2. The molecule has 0 aliphatic heterocycles. The highest BCUT2D eigenvalue weighted by Gasteiger charge is 2.03. The largest absolute Gasteiger partial charge is 0.492 e. The number of hydrogen-bond acceptors (Lipinski definition) is 4. The van der Waals surface area contributed by atoms with Gasteiger partial charge in [0, 0.05) is 19.7 Å². The summed E-state index contributed by atoms with van der Waals surface area (Å²) in [6.07, 6.45) is 0. The summed E-state index contributed by atoms with van der Waals surface area (Å²) in [5, 5.41) is 5.51. The Labute approximate surface area is 116 Å². The number of halogens is 2. The van der Waals surface area contributed by atoms with Crippen LogP contribution in [0.15, 0.2) is 18.2 Å². The highest BCUT2D eigenvalue weighted by Crippen LogP contribution is 2.14. The summed E-state index contributed by atoms with van der Waals surface area (Å²) in [6, 6.07) is 3.28. The van der Waals surface area contributed by atoms with Crippen molar-refractivity contribution in [3.8, 4) is 5.75 Å². The van der Waals surface area contributed by atoms with Gasteiger partial charge in [-0.05, 0) is 12.1 Å². The molecule has 0 saturated carbocycles. The summed E-state index contributed by atoms with van der Waals surface area (Å²) < 4.78 is 35.5. The molecule has 0 fully saturated rings. The maximum atomic E-state index is 12.9. The minimum Gasteiger partial charge on any atom is -0.492 e. The number of amides is 1. The van der Waals surface area contributed by atoms with Crippen LogP contribution in [0.1, 0.15) is 0 Å². The molecule has 0 spiro atoms. The van der Waals surface area contributed by atoms with E-state index in [1.54, 1.807) is 7.11 Å². The predicted molar refractivity (Wildman–Crippen MR) is 69.6 cm³/mol. The van der Waals surface area contributed by atoms with Gasteiger partial charge in [0.1, 0.15) is 12.4 Å². The minimum absolute atomic E-state index is 0.171. The van der Waals surface area contributed by atoms with Crippen LogP contribution in [-0.2, 0) is 9.53 Å². The van der Waals surface area contributed by atoms with Gasteiger partial charge in [0.15, 0.2) is 11.6 Å². The fourth-order valence-corrected chi connectivity index (χ4v) is 1.36. The van der Waals surface area contributed by atoms with Gasteiger partial charge in [-0.2, -0.15) is 0 Å². The number of carbonyl (C=O) groups excluding carboxylic acids is 1. The Morgan fingerprint density at radius 3 is 2.70 bits per heavy atom. The number of nitrogens with one attached hydrogen (secondary N) is 2. The summed E-state index contributed by atoms with van der Waals surface area (Å²) in [5.74, 6) is -1.84. The molecule has 0 bridgehead atoms. The zero-order valence-electron chi connectivity index (χ0n) is 11.2. The lowest BCUT2D eigenvalue weighted by Crippen LogP contribution is -2.37. The monoisotopic (exact) mass is 288 g/mol. The molecule has 1 aromatic rings. The van der Waals surface area contributed by atoms with E-state index >= 15 is 0 Å². The van der Waals surface area contributed by atoms with Crippen LogP contribution in [-0.4, -0.2) is 45.9 Å². The fraction of sp³-hybridized carbons (Fsp3) is 0.462.